The fraction of sp³-hybridized carbons (Fsp3) is 0.250. The van der Waals surface area contributed by atoms with Crippen molar-refractivity contribution < 1.29 is 28.2 Å². The van der Waals surface area contributed by atoms with Crippen LogP contribution in [0.1, 0.15) is 43.9 Å². The van der Waals surface area contributed by atoms with Gasteiger partial charge in [-0.25, -0.2) is 9.18 Å². The Morgan fingerprint density at radius 3 is 2.34 bits per heavy atom. The van der Waals surface area contributed by atoms with Crippen molar-refractivity contribution in [2.24, 2.45) is 0 Å². The van der Waals surface area contributed by atoms with E-state index in [2.05, 4.69) is 5.32 Å². The summed E-state index contributed by atoms with van der Waals surface area (Å²) in [6.07, 6.45) is 0.354. The second kappa shape index (κ2) is 11.9. The van der Waals surface area contributed by atoms with Gasteiger partial charge in [-0.05, 0) is 73.2 Å². The lowest BCUT2D eigenvalue weighted by atomic mass is 9.93. The molecular weight excluding hydrogens is 565 g/mol. The largest absolute Gasteiger partial charge is 0.496 e. The first-order valence-electron chi connectivity index (χ1n) is 13.2. The Bertz CT molecular complexity index is 1560. The number of rotatable bonds is 9. The molecule has 1 atom stereocenters. The second-order valence-electron chi connectivity index (χ2n) is 9.81. The molecule has 6 nitrogen and oxygen atoms in total. The third kappa shape index (κ3) is 6.09. The van der Waals surface area contributed by atoms with Crippen LogP contribution in [-0.2, 0) is 19.7 Å². The Balaban J connectivity index is 1.34. The molecular formula is C32H29ClFNO5S. The van der Waals surface area contributed by atoms with Gasteiger partial charge in [-0.2, -0.15) is 0 Å². The summed E-state index contributed by atoms with van der Waals surface area (Å²) in [5.74, 6) is 0.120. The number of benzene rings is 3. The van der Waals surface area contributed by atoms with Crippen molar-refractivity contribution in [3.05, 3.63) is 94.1 Å². The van der Waals surface area contributed by atoms with Crippen LogP contribution in [0.5, 0.6) is 5.75 Å². The Labute approximate surface area is 247 Å². The first-order chi connectivity index (χ1) is 19.7. The van der Waals surface area contributed by atoms with E-state index in [0.717, 1.165) is 40.0 Å². The van der Waals surface area contributed by atoms with E-state index in [1.165, 1.54) is 23.5 Å². The van der Waals surface area contributed by atoms with Crippen LogP contribution in [-0.4, -0.2) is 25.8 Å². The van der Waals surface area contributed by atoms with Crippen LogP contribution in [0.4, 0.5) is 14.9 Å². The smallest absolute Gasteiger partial charge is 0.412 e. The number of amides is 1. The van der Waals surface area contributed by atoms with Gasteiger partial charge >= 0.3 is 12.1 Å². The third-order valence-corrected chi connectivity index (χ3v) is 8.50. The Hall–Kier alpha value is -3.88. The molecule has 0 aliphatic heterocycles. The highest BCUT2D eigenvalue weighted by Gasteiger charge is 2.52. The van der Waals surface area contributed by atoms with Crippen molar-refractivity contribution in [2.45, 2.75) is 38.2 Å². The molecule has 0 saturated heterocycles. The molecule has 1 heterocycles. The van der Waals surface area contributed by atoms with Crippen molar-refractivity contribution in [3.8, 4) is 27.3 Å². The summed E-state index contributed by atoms with van der Waals surface area (Å²) in [6.45, 7) is 3.90. The lowest BCUT2D eigenvalue weighted by molar-refractivity contribution is -0.146. The molecule has 1 amide bonds. The number of methoxy groups -OCH3 is 1. The first-order valence-corrected chi connectivity index (χ1v) is 14.4. The molecule has 1 fully saturated rings. The fourth-order valence-electron chi connectivity index (χ4n) is 4.81. The van der Waals surface area contributed by atoms with Crippen LogP contribution in [0.3, 0.4) is 0 Å². The summed E-state index contributed by atoms with van der Waals surface area (Å²) >= 11 is 7.66. The molecule has 41 heavy (non-hydrogen) atoms. The van der Waals surface area contributed by atoms with Gasteiger partial charge in [0, 0.05) is 5.56 Å². The third-order valence-electron chi connectivity index (χ3n) is 7.19. The molecule has 4 aromatic rings. The molecule has 0 spiro atoms. The average molecular weight is 594 g/mol. The minimum absolute atomic E-state index is 0.164. The molecule has 1 unspecified atom stereocenters. The molecule has 1 aliphatic carbocycles. The van der Waals surface area contributed by atoms with Gasteiger partial charge in [-0.3, -0.25) is 10.1 Å². The van der Waals surface area contributed by atoms with Gasteiger partial charge in [0.25, 0.3) is 0 Å². The lowest BCUT2D eigenvalue weighted by Gasteiger charge is -2.16. The van der Waals surface area contributed by atoms with Crippen LogP contribution in [0, 0.1) is 5.82 Å². The Morgan fingerprint density at radius 1 is 1.02 bits per heavy atom. The minimum Gasteiger partial charge on any atom is -0.496 e. The summed E-state index contributed by atoms with van der Waals surface area (Å²) in [7, 11) is 1.60. The number of carbonyl (C=O) groups is 2. The maximum absolute atomic E-state index is 13.2. The summed E-state index contributed by atoms with van der Waals surface area (Å²) in [5.41, 5.74) is 4.24. The number of thiophene rings is 1. The molecule has 0 bridgehead atoms. The zero-order valence-electron chi connectivity index (χ0n) is 22.8. The monoisotopic (exact) mass is 593 g/mol. The molecule has 5 rings (SSSR count). The average Bonchev–Trinajstić information content (AvgIpc) is 3.70. The zero-order chi connectivity index (χ0) is 29.1. The summed E-state index contributed by atoms with van der Waals surface area (Å²) in [6, 6.07) is 21.2. The SMILES string of the molecule is CCOC(=O)C1(c2ccc(-c3ccc(-c4sc(Cl)cc4NC(=O)OC(C)c4ccc(F)cc4)cc3OC)cc2)CC1. The number of ether oxygens (including phenoxy) is 3. The highest BCUT2D eigenvalue weighted by molar-refractivity contribution is 7.20. The Morgan fingerprint density at radius 2 is 1.71 bits per heavy atom. The molecule has 1 aliphatic rings. The van der Waals surface area contributed by atoms with Gasteiger partial charge in [-0.15, -0.1) is 11.3 Å². The number of nitrogens with one attached hydrogen (secondary N) is 1. The van der Waals surface area contributed by atoms with Crippen molar-refractivity contribution in [3.63, 3.8) is 0 Å². The van der Waals surface area contributed by atoms with Gasteiger partial charge in [0.1, 0.15) is 17.7 Å². The van der Waals surface area contributed by atoms with E-state index in [4.69, 9.17) is 25.8 Å². The predicted molar refractivity (Wildman–Crippen MR) is 159 cm³/mol. The van der Waals surface area contributed by atoms with E-state index in [0.29, 0.717) is 27.9 Å². The standard InChI is InChI=1S/C32H29ClFNO5S/c1-4-39-30(36)32(15-16-32)23-10-5-21(6-11-23)25-14-9-22(17-27(25)38-3)29-26(18-28(33)41-29)35-31(37)40-19(2)20-7-12-24(34)13-8-20/h5-14,17-19H,4,15-16H2,1-3H3,(H,35,37). The van der Waals surface area contributed by atoms with Gasteiger partial charge in [-0.1, -0.05) is 60.1 Å². The lowest BCUT2D eigenvalue weighted by Crippen LogP contribution is -2.23. The molecule has 1 aromatic heterocycles. The highest BCUT2D eigenvalue weighted by Crippen LogP contribution is 2.50. The number of esters is 1. The van der Waals surface area contributed by atoms with Crippen molar-refractivity contribution in [2.75, 3.05) is 19.0 Å². The molecule has 212 valence electrons. The van der Waals surface area contributed by atoms with Crippen LogP contribution < -0.4 is 10.1 Å². The molecule has 0 radical (unpaired) electrons. The van der Waals surface area contributed by atoms with E-state index >= 15 is 0 Å². The number of carbonyl (C=O) groups excluding carboxylic acids is 2. The summed E-state index contributed by atoms with van der Waals surface area (Å²) in [4.78, 5) is 25.9. The van der Waals surface area contributed by atoms with Crippen LogP contribution in [0.25, 0.3) is 21.6 Å². The minimum atomic E-state index is -0.655. The Kier molecular flexibility index (Phi) is 8.33. The second-order valence-corrected chi connectivity index (χ2v) is 11.5. The van der Waals surface area contributed by atoms with E-state index in [1.807, 2.05) is 49.4 Å². The van der Waals surface area contributed by atoms with E-state index < -0.39 is 17.6 Å². The van der Waals surface area contributed by atoms with Crippen LogP contribution >= 0.6 is 22.9 Å². The van der Waals surface area contributed by atoms with Crippen molar-refractivity contribution in [1.82, 2.24) is 0 Å². The molecule has 3 aromatic carbocycles. The topological polar surface area (TPSA) is 73.9 Å². The number of hydrogen-bond donors (Lipinski definition) is 1. The normalized spacial score (nSPS) is 14.2. The quantitative estimate of drug-likeness (QED) is 0.196. The highest BCUT2D eigenvalue weighted by atomic mass is 35.5. The van der Waals surface area contributed by atoms with Crippen molar-refractivity contribution in [1.29, 1.82) is 0 Å². The predicted octanol–water partition coefficient (Wildman–Crippen LogP) is 8.79. The van der Waals surface area contributed by atoms with Gasteiger partial charge in [0.2, 0.25) is 0 Å². The van der Waals surface area contributed by atoms with Crippen LogP contribution in [0.15, 0.2) is 72.8 Å². The number of anilines is 1. The van der Waals surface area contributed by atoms with Gasteiger partial charge in [0.05, 0.1) is 34.0 Å². The van der Waals surface area contributed by atoms with E-state index in [-0.39, 0.29) is 11.8 Å². The maximum Gasteiger partial charge on any atom is 0.412 e. The van der Waals surface area contributed by atoms with Crippen molar-refractivity contribution >= 4 is 40.7 Å². The first kappa shape index (κ1) is 28.6. The van der Waals surface area contributed by atoms with Gasteiger partial charge in [0.15, 0.2) is 0 Å². The fourth-order valence-corrected chi connectivity index (χ4v) is 5.99. The molecule has 9 heteroatoms. The van der Waals surface area contributed by atoms with E-state index in [9.17, 15) is 14.0 Å². The zero-order valence-corrected chi connectivity index (χ0v) is 24.4. The maximum atomic E-state index is 13.2. The number of halogens is 2. The molecule has 1 N–H and O–H groups in total. The summed E-state index contributed by atoms with van der Waals surface area (Å²) < 4.78 is 30.3. The van der Waals surface area contributed by atoms with Gasteiger partial charge < -0.3 is 14.2 Å². The summed E-state index contributed by atoms with van der Waals surface area (Å²) in [5, 5.41) is 2.78. The van der Waals surface area contributed by atoms with Crippen LogP contribution in [0.2, 0.25) is 4.34 Å². The molecule has 1 saturated carbocycles. The number of hydrogen-bond acceptors (Lipinski definition) is 6. The van der Waals surface area contributed by atoms with E-state index in [1.54, 1.807) is 32.2 Å².